The van der Waals surface area contributed by atoms with Gasteiger partial charge in [0.05, 0.1) is 32.0 Å². The molecule has 0 spiro atoms. The van der Waals surface area contributed by atoms with Crippen molar-refractivity contribution in [3.8, 4) is 0 Å². The van der Waals surface area contributed by atoms with E-state index >= 15 is 0 Å². The zero-order valence-corrected chi connectivity index (χ0v) is 56.3. The molecular formula is C75H141NO10. The number of unbranched alkanes of at least 4 members (excludes halogenated alkanes) is 48. The Labute approximate surface area is 530 Å². The van der Waals surface area contributed by atoms with Crippen molar-refractivity contribution in [2.24, 2.45) is 0 Å². The molecule has 0 aromatic carbocycles. The van der Waals surface area contributed by atoms with Crippen LogP contribution in [0.15, 0.2) is 36.5 Å². The lowest BCUT2D eigenvalue weighted by Crippen LogP contribution is -2.60. The van der Waals surface area contributed by atoms with E-state index in [1.807, 2.05) is 6.08 Å². The fourth-order valence-corrected chi connectivity index (χ4v) is 11.9. The summed E-state index contributed by atoms with van der Waals surface area (Å²) in [7, 11) is 0. The first-order chi connectivity index (χ1) is 42.2. The Balaban J connectivity index is 1.98. The van der Waals surface area contributed by atoms with Crippen molar-refractivity contribution in [3.05, 3.63) is 36.5 Å². The van der Waals surface area contributed by atoms with Gasteiger partial charge in [0.2, 0.25) is 5.91 Å². The maximum absolute atomic E-state index is 13.1. The van der Waals surface area contributed by atoms with Gasteiger partial charge in [-0.05, 0) is 70.6 Å². The molecule has 86 heavy (non-hydrogen) atoms. The Morgan fingerprint density at radius 2 is 0.756 bits per heavy atom. The third kappa shape index (κ3) is 52.6. The number of carbonyl (C=O) groups excluding carboxylic acids is 2. The van der Waals surface area contributed by atoms with E-state index in [0.29, 0.717) is 19.4 Å². The number of rotatable bonds is 66. The largest absolute Gasteiger partial charge is 0.466 e. The van der Waals surface area contributed by atoms with Crippen LogP contribution >= 0.6 is 0 Å². The Bertz CT molecular complexity index is 1520. The van der Waals surface area contributed by atoms with Gasteiger partial charge in [-0.3, -0.25) is 9.59 Å². The fraction of sp³-hybridized carbons (Fsp3) is 0.893. The number of carbonyl (C=O) groups is 2. The number of ether oxygens (including phenoxy) is 3. The van der Waals surface area contributed by atoms with E-state index in [-0.39, 0.29) is 18.5 Å². The second kappa shape index (κ2) is 64.4. The fourth-order valence-electron chi connectivity index (χ4n) is 11.9. The van der Waals surface area contributed by atoms with Crippen LogP contribution in [-0.2, 0) is 23.8 Å². The van der Waals surface area contributed by atoms with Crippen molar-refractivity contribution in [2.45, 2.75) is 410 Å². The Morgan fingerprint density at radius 3 is 1.15 bits per heavy atom. The maximum atomic E-state index is 13.1. The minimum absolute atomic E-state index is 0.0105. The van der Waals surface area contributed by atoms with Gasteiger partial charge >= 0.3 is 5.97 Å². The molecule has 1 heterocycles. The number of amides is 1. The van der Waals surface area contributed by atoms with Crippen LogP contribution in [0.2, 0.25) is 0 Å². The third-order valence-corrected chi connectivity index (χ3v) is 17.7. The molecule has 1 saturated heterocycles. The van der Waals surface area contributed by atoms with Gasteiger partial charge in [-0.15, -0.1) is 0 Å². The smallest absolute Gasteiger partial charge is 0.305 e. The van der Waals surface area contributed by atoms with Crippen molar-refractivity contribution in [1.82, 2.24) is 5.32 Å². The summed E-state index contributed by atoms with van der Waals surface area (Å²) in [5.74, 6) is -0.176. The molecule has 6 N–H and O–H groups in total. The van der Waals surface area contributed by atoms with Crippen LogP contribution in [0.25, 0.3) is 0 Å². The number of nitrogens with one attached hydrogen (secondary N) is 1. The second-order valence-electron chi connectivity index (χ2n) is 26.0. The number of hydrogen-bond acceptors (Lipinski definition) is 10. The van der Waals surface area contributed by atoms with Crippen LogP contribution in [0, 0.1) is 0 Å². The molecule has 1 aliphatic heterocycles. The van der Waals surface area contributed by atoms with Crippen molar-refractivity contribution in [2.75, 3.05) is 19.8 Å². The minimum Gasteiger partial charge on any atom is -0.466 e. The molecule has 11 heteroatoms. The molecule has 0 bridgehead atoms. The topological polar surface area (TPSA) is 175 Å². The summed E-state index contributed by atoms with van der Waals surface area (Å²) in [5, 5.41) is 54.6. The summed E-state index contributed by atoms with van der Waals surface area (Å²) in [5.41, 5.74) is 0. The van der Waals surface area contributed by atoms with Crippen molar-refractivity contribution in [1.29, 1.82) is 0 Å². The molecule has 0 aliphatic carbocycles. The summed E-state index contributed by atoms with van der Waals surface area (Å²) in [6.45, 7) is 4.37. The van der Waals surface area contributed by atoms with E-state index in [4.69, 9.17) is 14.2 Å². The second-order valence-corrected chi connectivity index (χ2v) is 26.0. The van der Waals surface area contributed by atoms with Gasteiger partial charge in [-0.25, -0.2) is 0 Å². The lowest BCUT2D eigenvalue weighted by atomic mass is 9.99. The van der Waals surface area contributed by atoms with Crippen molar-refractivity contribution >= 4 is 11.9 Å². The average Bonchev–Trinajstić information content (AvgIpc) is 2.97. The van der Waals surface area contributed by atoms with Gasteiger partial charge in [-0.2, -0.15) is 0 Å². The minimum atomic E-state index is -1.58. The van der Waals surface area contributed by atoms with E-state index in [0.717, 1.165) is 51.4 Å². The molecular weight excluding hydrogens is 1070 g/mol. The number of aliphatic hydroxyl groups excluding tert-OH is 5. The standard InChI is InChI=1S/C75H141NO10/c1-3-5-7-9-11-13-15-16-35-38-42-45-49-53-57-61-68(78)67(66-85-75-74(83)73(82)72(81)69(65-77)86-75)76-70(79)62-58-54-50-46-43-39-36-33-31-29-27-25-23-21-19-17-18-20-22-24-26-28-30-32-34-37-40-44-48-52-56-60-64-84-71(80)63-59-55-51-47-41-14-12-10-8-6-4-2/h20,22,42,45,57,61,67-69,72-75,77-78,81-83H,3-19,21,23-41,43-44,46-56,58-60,62-66H2,1-2H3,(H,76,79)/b22-20-,45-42+,61-57+. The maximum Gasteiger partial charge on any atom is 0.305 e. The predicted molar refractivity (Wildman–Crippen MR) is 361 cm³/mol. The SMILES string of the molecule is CCCCCCCCCCC/C=C/CC/C=C/C(O)C(COC1OC(CO)C(O)C(O)C1O)NC(=O)CCCCCCCCCCCCCCCCCC/C=C\CCCCCCCCCCCCCCOC(=O)CCCCCCCCCCCCC. The molecule has 0 saturated carbocycles. The molecule has 1 amide bonds. The first-order valence-electron chi connectivity index (χ1n) is 37.3. The van der Waals surface area contributed by atoms with Gasteiger partial charge in [0.1, 0.15) is 24.4 Å². The van der Waals surface area contributed by atoms with Gasteiger partial charge in [0.25, 0.3) is 0 Å². The Hall–Kier alpha value is -2.12. The molecule has 506 valence electrons. The quantitative estimate of drug-likeness (QED) is 0.0195. The molecule has 7 atom stereocenters. The molecule has 7 unspecified atom stereocenters. The lowest BCUT2D eigenvalue weighted by molar-refractivity contribution is -0.302. The molecule has 1 fully saturated rings. The van der Waals surface area contributed by atoms with Crippen LogP contribution in [0.4, 0.5) is 0 Å². The summed E-state index contributed by atoms with van der Waals surface area (Å²) < 4.78 is 16.7. The van der Waals surface area contributed by atoms with E-state index in [1.165, 1.54) is 289 Å². The van der Waals surface area contributed by atoms with Gasteiger partial charge in [-0.1, -0.05) is 320 Å². The van der Waals surface area contributed by atoms with Crippen molar-refractivity contribution < 1.29 is 49.3 Å². The first-order valence-corrected chi connectivity index (χ1v) is 37.3. The highest BCUT2D eigenvalue weighted by atomic mass is 16.7. The predicted octanol–water partition coefficient (Wildman–Crippen LogP) is 19.4. The summed E-state index contributed by atoms with van der Waals surface area (Å²) in [4.78, 5) is 25.1. The summed E-state index contributed by atoms with van der Waals surface area (Å²) in [6, 6.07) is -0.826. The number of esters is 1. The van der Waals surface area contributed by atoms with Crippen LogP contribution in [0.3, 0.4) is 0 Å². The highest BCUT2D eigenvalue weighted by Gasteiger charge is 2.44. The van der Waals surface area contributed by atoms with E-state index in [9.17, 15) is 35.1 Å². The molecule has 11 nitrogen and oxygen atoms in total. The molecule has 0 radical (unpaired) electrons. The van der Waals surface area contributed by atoms with Crippen LogP contribution in [-0.4, -0.2) is 100 Å². The zero-order chi connectivity index (χ0) is 62.3. The number of hydrogen-bond donors (Lipinski definition) is 6. The van der Waals surface area contributed by atoms with E-state index < -0.39 is 49.5 Å². The van der Waals surface area contributed by atoms with Gasteiger partial charge in [0, 0.05) is 12.8 Å². The number of allylic oxidation sites excluding steroid dienone is 5. The lowest BCUT2D eigenvalue weighted by Gasteiger charge is -2.40. The summed E-state index contributed by atoms with van der Waals surface area (Å²) in [6.07, 6.45) is 72.9. The average molecular weight is 1220 g/mol. The molecule has 0 aromatic rings. The monoisotopic (exact) mass is 1220 g/mol. The van der Waals surface area contributed by atoms with Crippen molar-refractivity contribution in [3.63, 3.8) is 0 Å². The summed E-state index contributed by atoms with van der Waals surface area (Å²) >= 11 is 0. The first kappa shape index (κ1) is 81.9. The molecule has 1 aliphatic rings. The van der Waals surface area contributed by atoms with Crippen LogP contribution in [0.5, 0.6) is 0 Å². The molecule has 0 aromatic heterocycles. The zero-order valence-electron chi connectivity index (χ0n) is 56.3. The Morgan fingerprint density at radius 1 is 0.419 bits per heavy atom. The highest BCUT2D eigenvalue weighted by molar-refractivity contribution is 5.76. The Kier molecular flexibility index (Phi) is 61.3. The molecule has 1 rings (SSSR count). The van der Waals surface area contributed by atoms with Gasteiger partial charge in [0.15, 0.2) is 6.29 Å². The van der Waals surface area contributed by atoms with Crippen LogP contribution in [0.1, 0.15) is 367 Å². The highest BCUT2D eigenvalue weighted by Crippen LogP contribution is 2.23. The van der Waals surface area contributed by atoms with E-state index in [1.54, 1.807) is 6.08 Å². The van der Waals surface area contributed by atoms with Gasteiger partial charge < -0.3 is 45.1 Å². The number of aliphatic hydroxyl groups is 5. The third-order valence-electron chi connectivity index (χ3n) is 17.7. The van der Waals surface area contributed by atoms with Crippen LogP contribution < -0.4 is 5.32 Å². The normalized spacial score (nSPS) is 18.1. The van der Waals surface area contributed by atoms with E-state index in [2.05, 4.69) is 43.5 Å².